The summed E-state index contributed by atoms with van der Waals surface area (Å²) in [6.45, 7) is -0.114. The number of aromatic nitrogens is 2. The van der Waals surface area contributed by atoms with Crippen LogP contribution in [0.15, 0.2) is 53.5 Å². The maximum Gasteiger partial charge on any atom is 0.351 e. The monoisotopic (exact) mass is 410 g/mol. The number of carbonyl (C=O) groups excluding carboxylic acids is 1. The number of aliphatic hydroxyl groups is 2. The van der Waals surface area contributed by atoms with Gasteiger partial charge >= 0.3 is 5.69 Å². The largest absolute Gasteiger partial charge is 0.394 e. The maximum atomic E-state index is 12.8. The molecule has 2 heterocycles. The van der Waals surface area contributed by atoms with Crippen LogP contribution in [0.1, 0.15) is 28.6 Å². The van der Waals surface area contributed by atoms with Gasteiger partial charge in [0.25, 0.3) is 5.91 Å². The first-order valence-corrected chi connectivity index (χ1v) is 9.56. The van der Waals surface area contributed by atoms with Crippen molar-refractivity contribution in [2.24, 2.45) is 0 Å². The van der Waals surface area contributed by atoms with Crippen molar-refractivity contribution in [2.45, 2.75) is 31.4 Å². The van der Waals surface area contributed by atoms with Gasteiger partial charge < -0.3 is 26.0 Å². The fraction of sp³-hybridized carbons (Fsp3) is 0.286. The molecule has 3 atom stereocenters. The Labute approximate surface area is 171 Å². The van der Waals surface area contributed by atoms with Gasteiger partial charge in [-0.05, 0) is 16.3 Å². The van der Waals surface area contributed by atoms with Crippen molar-refractivity contribution in [2.75, 3.05) is 12.3 Å². The van der Waals surface area contributed by atoms with Gasteiger partial charge in [0, 0.05) is 19.2 Å². The molecule has 30 heavy (non-hydrogen) atoms. The van der Waals surface area contributed by atoms with Crippen molar-refractivity contribution in [3.05, 3.63) is 70.3 Å². The molecule has 1 aromatic heterocycles. The first-order valence-electron chi connectivity index (χ1n) is 9.56. The van der Waals surface area contributed by atoms with Crippen molar-refractivity contribution in [3.63, 3.8) is 0 Å². The van der Waals surface area contributed by atoms with Gasteiger partial charge in [0.15, 0.2) is 0 Å². The third kappa shape index (κ3) is 3.78. The summed E-state index contributed by atoms with van der Waals surface area (Å²) in [4.78, 5) is 28.7. The van der Waals surface area contributed by atoms with Crippen LogP contribution in [0.3, 0.4) is 0 Å². The molecule has 1 aliphatic heterocycles. The standard InChI is InChI=1S/C21H22N4O5/c22-19-15(10-25(21(29)24-19)18-8-16(27)17(11-26)30-18)20(28)23-9-13-6-3-5-12-4-1-2-7-14(12)13/h1-7,10,16-18,26-27H,8-9,11H2,(H,23,28)(H2,22,24,29)/t16-,17+,18+/m0/s1. The molecule has 1 aliphatic rings. The molecule has 4 rings (SSSR count). The predicted octanol–water partition coefficient (Wildman–Crippen LogP) is 0.549. The smallest absolute Gasteiger partial charge is 0.351 e. The van der Waals surface area contributed by atoms with Crippen molar-refractivity contribution in [1.29, 1.82) is 0 Å². The van der Waals surface area contributed by atoms with Crippen LogP contribution in [0.5, 0.6) is 0 Å². The molecule has 2 aromatic carbocycles. The van der Waals surface area contributed by atoms with Crippen molar-refractivity contribution in [1.82, 2.24) is 14.9 Å². The summed E-state index contributed by atoms with van der Waals surface area (Å²) in [5.74, 6) is -0.678. The van der Waals surface area contributed by atoms with Gasteiger partial charge in [0.05, 0.1) is 18.3 Å². The summed E-state index contributed by atoms with van der Waals surface area (Å²) < 4.78 is 6.61. The molecule has 156 valence electrons. The summed E-state index contributed by atoms with van der Waals surface area (Å²) in [5.41, 5.74) is 6.08. The molecule has 5 N–H and O–H groups in total. The van der Waals surface area contributed by atoms with Gasteiger partial charge in [-0.25, -0.2) is 4.79 Å². The van der Waals surface area contributed by atoms with Crippen molar-refractivity contribution < 1.29 is 19.7 Å². The Balaban J connectivity index is 1.56. The topological polar surface area (TPSA) is 140 Å². The lowest BCUT2D eigenvalue weighted by molar-refractivity contribution is -0.0459. The number of nitrogens with two attached hydrogens (primary N) is 1. The third-order valence-electron chi connectivity index (χ3n) is 5.24. The van der Waals surface area contributed by atoms with Crippen LogP contribution in [0.25, 0.3) is 10.8 Å². The number of rotatable bonds is 5. The summed E-state index contributed by atoms with van der Waals surface area (Å²) >= 11 is 0. The number of carbonyl (C=O) groups is 1. The van der Waals surface area contributed by atoms with Gasteiger partial charge in [-0.15, -0.1) is 0 Å². The zero-order valence-electron chi connectivity index (χ0n) is 16.1. The van der Waals surface area contributed by atoms with Crippen LogP contribution < -0.4 is 16.7 Å². The van der Waals surface area contributed by atoms with E-state index in [0.717, 1.165) is 20.9 Å². The lowest BCUT2D eigenvalue weighted by atomic mass is 10.0. The zero-order chi connectivity index (χ0) is 21.3. The number of fused-ring (bicyclic) bond motifs is 1. The average Bonchev–Trinajstić information content (AvgIpc) is 3.12. The van der Waals surface area contributed by atoms with E-state index in [-0.39, 0.29) is 31.0 Å². The number of nitrogen functional groups attached to an aromatic ring is 1. The average molecular weight is 410 g/mol. The number of nitrogens with one attached hydrogen (secondary N) is 1. The minimum Gasteiger partial charge on any atom is -0.394 e. The van der Waals surface area contributed by atoms with Crippen LogP contribution in [-0.2, 0) is 11.3 Å². The quantitative estimate of drug-likeness (QED) is 0.481. The molecule has 1 saturated heterocycles. The molecule has 0 spiro atoms. The number of hydrogen-bond acceptors (Lipinski definition) is 7. The normalized spacial score (nSPS) is 21.1. The van der Waals surface area contributed by atoms with E-state index in [2.05, 4.69) is 10.3 Å². The highest BCUT2D eigenvalue weighted by atomic mass is 16.5. The number of amides is 1. The second-order valence-corrected chi connectivity index (χ2v) is 7.17. The summed E-state index contributed by atoms with van der Waals surface area (Å²) in [7, 11) is 0. The van der Waals surface area contributed by atoms with E-state index in [9.17, 15) is 19.8 Å². The lowest BCUT2D eigenvalue weighted by Gasteiger charge is -2.16. The number of benzene rings is 2. The zero-order valence-corrected chi connectivity index (χ0v) is 16.1. The minimum atomic E-state index is -0.923. The molecule has 3 aromatic rings. The fourth-order valence-corrected chi connectivity index (χ4v) is 3.63. The highest BCUT2D eigenvalue weighted by Crippen LogP contribution is 2.28. The lowest BCUT2D eigenvalue weighted by Crippen LogP contribution is -2.32. The van der Waals surface area contributed by atoms with E-state index in [1.54, 1.807) is 0 Å². The number of hydrogen-bond donors (Lipinski definition) is 4. The molecule has 1 amide bonds. The maximum absolute atomic E-state index is 12.8. The van der Waals surface area contributed by atoms with Crippen molar-refractivity contribution in [3.8, 4) is 0 Å². The van der Waals surface area contributed by atoms with Crippen LogP contribution in [-0.4, -0.2) is 44.5 Å². The van der Waals surface area contributed by atoms with Gasteiger partial charge in [-0.1, -0.05) is 42.5 Å². The van der Waals surface area contributed by atoms with Crippen LogP contribution in [0.4, 0.5) is 5.82 Å². The molecule has 0 saturated carbocycles. The Bertz CT molecular complexity index is 1140. The van der Waals surface area contributed by atoms with Gasteiger partial charge in [-0.3, -0.25) is 9.36 Å². The Morgan fingerprint density at radius 2 is 2.03 bits per heavy atom. The summed E-state index contributed by atoms with van der Waals surface area (Å²) in [5, 5.41) is 24.1. The first-order chi connectivity index (χ1) is 14.5. The van der Waals surface area contributed by atoms with Gasteiger partial charge in [0.2, 0.25) is 0 Å². The Morgan fingerprint density at radius 1 is 1.27 bits per heavy atom. The molecular formula is C21H22N4O5. The van der Waals surface area contributed by atoms with Gasteiger partial charge in [0.1, 0.15) is 18.1 Å². The van der Waals surface area contributed by atoms with E-state index in [4.69, 9.17) is 10.5 Å². The van der Waals surface area contributed by atoms with Crippen LogP contribution in [0, 0.1) is 0 Å². The summed E-state index contributed by atoms with van der Waals surface area (Å²) in [6, 6.07) is 13.7. The number of ether oxygens (including phenoxy) is 1. The first kappa shape index (κ1) is 20.0. The Morgan fingerprint density at radius 3 is 2.80 bits per heavy atom. The second-order valence-electron chi connectivity index (χ2n) is 7.17. The molecule has 9 nitrogen and oxygen atoms in total. The van der Waals surface area contributed by atoms with Gasteiger partial charge in [-0.2, -0.15) is 4.98 Å². The van der Waals surface area contributed by atoms with E-state index in [1.807, 2.05) is 42.5 Å². The fourth-order valence-electron chi connectivity index (χ4n) is 3.63. The van der Waals surface area contributed by atoms with E-state index in [1.165, 1.54) is 6.20 Å². The predicted molar refractivity (Wildman–Crippen MR) is 110 cm³/mol. The number of aliphatic hydroxyl groups excluding tert-OH is 2. The molecule has 1 fully saturated rings. The van der Waals surface area contributed by atoms with E-state index < -0.39 is 30.0 Å². The second kappa shape index (κ2) is 8.23. The molecule has 0 radical (unpaired) electrons. The van der Waals surface area contributed by atoms with Crippen LogP contribution >= 0.6 is 0 Å². The summed E-state index contributed by atoms with van der Waals surface area (Å²) in [6.07, 6.45) is -1.20. The number of nitrogens with zero attached hydrogens (tertiary/aromatic N) is 2. The SMILES string of the molecule is Nc1nc(=O)n([C@H]2C[C@H](O)[C@@H](CO)O2)cc1C(=O)NCc1cccc2ccccc12. The van der Waals surface area contributed by atoms with E-state index >= 15 is 0 Å². The molecule has 0 bridgehead atoms. The third-order valence-corrected chi connectivity index (χ3v) is 5.24. The molecular weight excluding hydrogens is 388 g/mol. The van der Waals surface area contributed by atoms with Crippen molar-refractivity contribution >= 4 is 22.5 Å². The van der Waals surface area contributed by atoms with E-state index in [0.29, 0.717) is 0 Å². The number of anilines is 1. The highest BCUT2D eigenvalue weighted by molar-refractivity contribution is 5.98. The molecule has 9 heteroatoms. The highest BCUT2D eigenvalue weighted by Gasteiger charge is 2.35. The minimum absolute atomic E-state index is 0.0281. The molecule has 0 unspecified atom stereocenters. The van der Waals surface area contributed by atoms with Crippen LogP contribution in [0.2, 0.25) is 0 Å². The Hall–Kier alpha value is -3.27. The Kier molecular flexibility index (Phi) is 5.49. The molecule has 0 aliphatic carbocycles.